The molecule has 1 heterocycles. The van der Waals surface area contributed by atoms with Crippen LogP contribution in [0.1, 0.15) is 30.1 Å². The van der Waals surface area contributed by atoms with E-state index in [0.717, 1.165) is 10.7 Å². The van der Waals surface area contributed by atoms with Crippen LogP contribution in [0.5, 0.6) is 0 Å². The molecule has 1 rings (SSSR count). The third-order valence-electron chi connectivity index (χ3n) is 1.83. The van der Waals surface area contributed by atoms with E-state index in [1.807, 2.05) is 19.2 Å². The first-order chi connectivity index (χ1) is 6.63. The molecule has 1 aromatic heterocycles. The zero-order chi connectivity index (χ0) is 10.6. The Labute approximate surface area is 112 Å². The Morgan fingerprint density at radius 1 is 1.62 bits per heavy atom. The Hall–Kier alpha value is -0.360. The minimum Gasteiger partial charge on any atom is -0.348 e. The maximum atomic E-state index is 11.2. The van der Waals surface area contributed by atoms with E-state index in [4.69, 9.17) is 5.73 Å². The molecule has 0 radical (unpaired) electrons. The fraction of sp³-hybridized carbons (Fsp3) is 0.556. The van der Waals surface area contributed by atoms with Crippen LogP contribution in [0, 0.1) is 6.92 Å². The summed E-state index contributed by atoms with van der Waals surface area (Å²) in [7, 11) is 0. The summed E-state index contributed by atoms with van der Waals surface area (Å²) in [6, 6.07) is -0.0287. The van der Waals surface area contributed by atoms with Crippen molar-refractivity contribution in [2.45, 2.75) is 26.3 Å². The number of nitrogens with one attached hydrogen (secondary N) is 1. The number of aryl methyl sites for hydroxylation is 1. The quantitative estimate of drug-likeness (QED) is 0.887. The number of hydrogen-bond donors (Lipinski definition) is 2. The van der Waals surface area contributed by atoms with Gasteiger partial charge in [-0.3, -0.25) is 4.79 Å². The molecule has 1 amide bonds. The van der Waals surface area contributed by atoms with Crippen LogP contribution >= 0.6 is 36.2 Å². The highest BCUT2D eigenvalue weighted by Crippen LogP contribution is 2.15. The van der Waals surface area contributed by atoms with Crippen LogP contribution in [0.4, 0.5) is 0 Å². The number of rotatable bonds is 4. The number of nitrogens with two attached hydrogens (primary N) is 1. The molecule has 0 aromatic carbocycles. The van der Waals surface area contributed by atoms with Crippen LogP contribution < -0.4 is 11.1 Å². The van der Waals surface area contributed by atoms with Crippen molar-refractivity contribution in [1.29, 1.82) is 0 Å². The molecule has 1 unspecified atom stereocenters. The first-order valence-corrected chi connectivity index (χ1v) is 5.43. The SMILES string of the molecule is Cc1nc(C(C)NC(=O)CCN)cs1.Cl.Cl. The molecule has 1 aromatic rings. The number of amides is 1. The number of thiazole rings is 1. The third kappa shape index (κ3) is 5.65. The van der Waals surface area contributed by atoms with Gasteiger partial charge in [0.15, 0.2) is 0 Å². The van der Waals surface area contributed by atoms with Crippen LogP contribution in [0.2, 0.25) is 0 Å². The summed E-state index contributed by atoms with van der Waals surface area (Å²) in [5, 5.41) is 5.81. The summed E-state index contributed by atoms with van der Waals surface area (Å²) in [5.74, 6) is -0.0225. The fourth-order valence-electron chi connectivity index (χ4n) is 1.10. The zero-order valence-corrected chi connectivity index (χ0v) is 11.7. The highest BCUT2D eigenvalue weighted by atomic mass is 35.5. The maximum Gasteiger partial charge on any atom is 0.221 e. The molecular weight excluding hydrogens is 269 g/mol. The van der Waals surface area contributed by atoms with Crippen LogP contribution in [0.25, 0.3) is 0 Å². The van der Waals surface area contributed by atoms with Gasteiger partial charge in [0.05, 0.1) is 16.7 Å². The predicted molar refractivity (Wildman–Crippen MR) is 71.6 cm³/mol. The normalized spacial score (nSPS) is 10.9. The second-order valence-corrected chi connectivity index (χ2v) is 4.18. The molecule has 0 aliphatic rings. The number of halogens is 2. The van der Waals surface area contributed by atoms with Gasteiger partial charge in [0.2, 0.25) is 5.91 Å². The van der Waals surface area contributed by atoms with Crippen molar-refractivity contribution in [1.82, 2.24) is 10.3 Å². The van der Waals surface area contributed by atoms with Crippen molar-refractivity contribution in [3.63, 3.8) is 0 Å². The van der Waals surface area contributed by atoms with Crippen LogP contribution in [-0.4, -0.2) is 17.4 Å². The van der Waals surface area contributed by atoms with Gasteiger partial charge in [-0.15, -0.1) is 36.2 Å². The molecule has 0 saturated carbocycles. The van der Waals surface area contributed by atoms with E-state index in [2.05, 4.69) is 10.3 Å². The van der Waals surface area contributed by atoms with Gasteiger partial charge in [-0.2, -0.15) is 0 Å². The van der Waals surface area contributed by atoms with Crippen molar-refractivity contribution in [3.05, 3.63) is 16.1 Å². The molecule has 94 valence electrons. The van der Waals surface area contributed by atoms with E-state index in [0.29, 0.717) is 13.0 Å². The predicted octanol–water partition coefficient (Wildman–Crippen LogP) is 1.82. The Morgan fingerprint density at radius 2 is 2.25 bits per heavy atom. The minimum atomic E-state index is -0.0287. The van der Waals surface area contributed by atoms with Crippen molar-refractivity contribution >= 4 is 42.1 Å². The summed E-state index contributed by atoms with van der Waals surface area (Å²) in [4.78, 5) is 15.5. The van der Waals surface area contributed by atoms with Gasteiger partial charge in [-0.1, -0.05) is 0 Å². The Balaban J connectivity index is 0. The van der Waals surface area contributed by atoms with E-state index in [1.165, 1.54) is 0 Å². The molecule has 16 heavy (non-hydrogen) atoms. The lowest BCUT2D eigenvalue weighted by molar-refractivity contribution is -0.121. The van der Waals surface area contributed by atoms with E-state index in [1.54, 1.807) is 11.3 Å². The number of nitrogens with zero attached hydrogens (tertiary/aromatic N) is 1. The molecule has 0 bridgehead atoms. The summed E-state index contributed by atoms with van der Waals surface area (Å²) in [5.41, 5.74) is 6.19. The fourth-order valence-corrected chi connectivity index (χ4v) is 1.80. The Morgan fingerprint density at radius 3 is 2.69 bits per heavy atom. The van der Waals surface area contributed by atoms with Gasteiger partial charge in [-0.25, -0.2) is 4.98 Å². The molecule has 0 aliphatic heterocycles. The molecule has 4 nitrogen and oxygen atoms in total. The van der Waals surface area contributed by atoms with Crippen molar-refractivity contribution in [2.75, 3.05) is 6.54 Å². The summed E-state index contributed by atoms with van der Waals surface area (Å²) < 4.78 is 0. The average Bonchev–Trinajstić information content (AvgIpc) is 2.52. The van der Waals surface area contributed by atoms with Crippen LogP contribution in [0.15, 0.2) is 5.38 Å². The lowest BCUT2D eigenvalue weighted by Crippen LogP contribution is -2.28. The maximum absolute atomic E-state index is 11.2. The van der Waals surface area contributed by atoms with E-state index < -0.39 is 0 Å². The molecule has 7 heteroatoms. The molecule has 0 spiro atoms. The van der Waals surface area contributed by atoms with Crippen molar-refractivity contribution < 1.29 is 4.79 Å². The van der Waals surface area contributed by atoms with Gasteiger partial charge < -0.3 is 11.1 Å². The second-order valence-electron chi connectivity index (χ2n) is 3.12. The lowest BCUT2D eigenvalue weighted by atomic mass is 10.2. The van der Waals surface area contributed by atoms with Crippen molar-refractivity contribution in [2.24, 2.45) is 5.73 Å². The van der Waals surface area contributed by atoms with Crippen molar-refractivity contribution in [3.8, 4) is 0 Å². The van der Waals surface area contributed by atoms with Gasteiger partial charge in [0.1, 0.15) is 0 Å². The van der Waals surface area contributed by atoms with E-state index in [-0.39, 0.29) is 36.8 Å². The average molecular weight is 286 g/mol. The highest BCUT2D eigenvalue weighted by Gasteiger charge is 2.10. The molecule has 0 aliphatic carbocycles. The summed E-state index contributed by atoms with van der Waals surface area (Å²) in [6.07, 6.45) is 0.369. The summed E-state index contributed by atoms with van der Waals surface area (Å²) in [6.45, 7) is 4.25. The van der Waals surface area contributed by atoms with Gasteiger partial charge in [-0.05, 0) is 13.8 Å². The van der Waals surface area contributed by atoms with Gasteiger partial charge in [0.25, 0.3) is 0 Å². The largest absolute Gasteiger partial charge is 0.348 e. The molecular formula is C9H17Cl2N3OS. The van der Waals surface area contributed by atoms with E-state index >= 15 is 0 Å². The monoisotopic (exact) mass is 285 g/mol. The Bertz CT molecular complexity index is 319. The van der Waals surface area contributed by atoms with Gasteiger partial charge in [0, 0.05) is 18.3 Å². The number of hydrogen-bond acceptors (Lipinski definition) is 4. The Kier molecular flexibility index (Phi) is 9.86. The number of carbonyl (C=O) groups excluding carboxylic acids is 1. The third-order valence-corrected chi connectivity index (χ3v) is 2.62. The summed E-state index contributed by atoms with van der Waals surface area (Å²) >= 11 is 1.59. The number of carbonyl (C=O) groups is 1. The molecule has 3 N–H and O–H groups in total. The van der Waals surface area contributed by atoms with Crippen LogP contribution in [-0.2, 0) is 4.79 Å². The number of aromatic nitrogens is 1. The van der Waals surface area contributed by atoms with Gasteiger partial charge >= 0.3 is 0 Å². The standard InChI is InChI=1S/C9H15N3OS.2ClH/c1-6(11-9(13)3-4-10)8-5-14-7(2)12-8;;/h5-6H,3-4,10H2,1-2H3,(H,11,13);2*1H. The first kappa shape index (κ1) is 18.0. The van der Waals surface area contributed by atoms with Crippen LogP contribution in [0.3, 0.4) is 0 Å². The molecule has 1 atom stereocenters. The molecule has 0 saturated heterocycles. The second kappa shape index (κ2) is 8.75. The molecule has 0 fully saturated rings. The first-order valence-electron chi connectivity index (χ1n) is 4.55. The zero-order valence-electron chi connectivity index (χ0n) is 9.23. The highest BCUT2D eigenvalue weighted by molar-refractivity contribution is 7.09. The van der Waals surface area contributed by atoms with E-state index in [9.17, 15) is 4.79 Å². The topological polar surface area (TPSA) is 68.0 Å². The minimum absolute atomic E-state index is 0. The smallest absolute Gasteiger partial charge is 0.221 e. The lowest BCUT2D eigenvalue weighted by Gasteiger charge is -2.10.